The molecule has 1 aliphatic rings. The molecule has 1 fully saturated rings. The van der Waals surface area contributed by atoms with Crippen molar-refractivity contribution in [2.45, 2.75) is 18.9 Å². The molecule has 3 N–H and O–H groups in total. The summed E-state index contributed by atoms with van der Waals surface area (Å²) < 4.78 is 19.0. The van der Waals surface area contributed by atoms with Crippen LogP contribution in [0.4, 0.5) is 5.82 Å². The van der Waals surface area contributed by atoms with E-state index in [4.69, 9.17) is 24.9 Å². The van der Waals surface area contributed by atoms with Crippen LogP contribution in [0.15, 0.2) is 54.7 Å². The Bertz CT molecular complexity index is 1270. The van der Waals surface area contributed by atoms with Gasteiger partial charge in [-0.25, -0.2) is 0 Å². The van der Waals surface area contributed by atoms with Crippen molar-refractivity contribution in [3.63, 3.8) is 0 Å². The maximum Gasteiger partial charge on any atom is 0.227 e. The first-order chi connectivity index (χ1) is 16.2. The molecule has 1 aliphatic heterocycles. The lowest BCUT2D eigenvalue weighted by Crippen LogP contribution is -2.34. The summed E-state index contributed by atoms with van der Waals surface area (Å²) in [6.07, 6.45) is 3.68. The van der Waals surface area contributed by atoms with Crippen molar-refractivity contribution in [2.24, 2.45) is 0 Å². The molecule has 4 aromatic rings. The van der Waals surface area contributed by atoms with Gasteiger partial charge in [-0.3, -0.25) is 0 Å². The Hall–Kier alpha value is -3.78. The number of benzene rings is 2. The molecular formula is C25H27N5O3. The van der Waals surface area contributed by atoms with E-state index >= 15 is 0 Å². The summed E-state index contributed by atoms with van der Waals surface area (Å²) in [4.78, 5) is 4.95. The Labute approximate surface area is 192 Å². The number of nitrogen functional groups attached to an aromatic ring is 1. The van der Waals surface area contributed by atoms with Crippen molar-refractivity contribution in [3.8, 4) is 39.6 Å². The second kappa shape index (κ2) is 8.99. The van der Waals surface area contributed by atoms with Crippen molar-refractivity contribution < 1.29 is 14.2 Å². The van der Waals surface area contributed by atoms with Crippen molar-refractivity contribution in [1.29, 1.82) is 0 Å². The highest BCUT2D eigenvalue weighted by Gasteiger charge is 2.23. The zero-order chi connectivity index (χ0) is 22.8. The number of methoxy groups -OCH3 is 2. The molecule has 0 atom stereocenters. The number of nitrogens with two attached hydrogens (primary N) is 1. The van der Waals surface area contributed by atoms with E-state index in [9.17, 15) is 0 Å². The molecule has 170 valence electrons. The number of aromatic nitrogens is 3. The predicted molar refractivity (Wildman–Crippen MR) is 128 cm³/mol. The second-order valence-electron chi connectivity index (χ2n) is 7.97. The fourth-order valence-corrected chi connectivity index (χ4v) is 4.23. The number of piperidine rings is 1. The van der Waals surface area contributed by atoms with Crippen LogP contribution in [0.25, 0.3) is 27.9 Å². The average Bonchev–Trinajstić information content (AvgIpc) is 3.29. The van der Waals surface area contributed by atoms with Crippen molar-refractivity contribution in [3.05, 3.63) is 54.7 Å². The summed E-state index contributed by atoms with van der Waals surface area (Å²) in [5.74, 6) is 2.31. The Morgan fingerprint density at radius 3 is 2.45 bits per heavy atom. The van der Waals surface area contributed by atoms with Crippen LogP contribution in [0.5, 0.6) is 17.4 Å². The molecule has 0 aliphatic carbocycles. The molecule has 2 aromatic heterocycles. The lowest BCUT2D eigenvalue weighted by molar-refractivity contribution is 0.157. The summed E-state index contributed by atoms with van der Waals surface area (Å²) in [6.45, 7) is 1.85. The number of fused-ring (bicyclic) bond motifs is 1. The van der Waals surface area contributed by atoms with Crippen molar-refractivity contribution in [1.82, 2.24) is 19.9 Å². The van der Waals surface area contributed by atoms with Gasteiger partial charge in [-0.1, -0.05) is 36.4 Å². The van der Waals surface area contributed by atoms with Crippen LogP contribution in [-0.4, -0.2) is 48.0 Å². The number of hydrogen-bond donors (Lipinski definition) is 2. The molecule has 0 saturated carbocycles. The lowest BCUT2D eigenvalue weighted by atomic mass is 10.1. The zero-order valence-corrected chi connectivity index (χ0v) is 18.7. The van der Waals surface area contributed by atoms with Gasteiger partial charge >= 0.3 is 0 Å². The lowest BCUT2D eigenvalue weighted by Gasteiger charge is -2.25. The van der Waals surface area contributed by atoms with Gasteiger partial charge in [0, 0.05) is 5.56 Å². The maximum atomic E-state index is 6.67. The van der Waals surface area contributed by atoms with E-state index in [2.05, 4.69) is 10.4 Å². The molecule has 8 nitrogen and oxygen atoms in total. The van der Waals surface area contributed by atoms with Crippen LogP contribution in [0.3, 0.4) is 0 Å². The highest BCUT2D eigenvalue weighted by molar-refractivity contribution is 5.85. The molecule has 33 heavy (non-hydrogen) atoms. The van der Waals surface area contributed by atoms with Crippen molar-refractivity contribution >= 4 is 11.5 Å². The Balaban J connectivity index is 1.67. The molecule has 0 radical (unpaired) electrons. The Morgan fingerprint density at radius 2 is 1.73 bits per heavy atom. The van der Waals surface area contributed by atoms with E-state index in [0.717, 1.165) is 48.2 Å². The summed E-state index contributed by atoms with van der Waals surface area (Å²) in [5.41, 5.74) is 10.7. The quantitative estimate of drug-likeness (QED) is 0.466. The van der Waals surface area contributed by atoms with E-state index < -0.39 is 0 Å². The third-order valence-electron chi connectivity index (χ3n) is 5.97. The molecular weight excluding hydrogens is 418 g/mol. The molecule has 0 unspecified atom stereocenters. The number of nitrogens with zero attached hydrogens (tertiary/aromatic N) is 3. The second-order valence-corrected chi connectivity index (χ2v) is 7.97. The number of hydrogen-bond acceptors (Lipinski definition) is 7. The van der Waals surface area contributed by atoms with Crippen LogP contribution >= 0.6 is 0 Å². The smallest absolute Gasteiger partial charge is 0.227 e. The van der Waals surface area contributed by atoms with Gasteiger partial charge in [0.25, 0.3) is 0 Å². The van der Waals surface area contributed by atoms with Crippen molar-refractivity contribution in [2.75, 3.05) is 33.0 Å². The van der Waals surface area contributed by atoms with Crippen LogP contribution in [0, 0.1) is 0 Å². The first-order valence-corrected chi connectivity index (χ1v) is 11.0. The maximum absolute atomic E-state index is 6.67. The predicted octanol–water partition coefficient (Wildman–Crippen LogP) is 3.79. The van der Waals surface area contributed by atoms with Crippen LogP contribution < -0.4 is 25.3 Å². The standard InChI is InChI=1S/C25H27N5O3/c1-31-20-9-8-17(14-21(20)32-2)19-15-28-30-23(26)22(16-6-4-3-5-7-16)25(29-24(19)30)33-18-10-12-27-13-11-18/h3-9,14-15,18,27H,10-13,26H2,1-2H3. The highest BCUT2D eigenvalue weighted by atomic mass is 16.5. The zero-order valence-electron chi connectivity index (χ0n) is 18.7. The third kappa shape index (κ3) is 3.93. The molecule has 8 heteroatoms. The van der Waals surface area contributed by atoms with E-state index in [1.807, 2.05) is 48.5 Å². The van der Waals surface area contributed by atoms with Gasteiger partial charge in [-0.2, -0.15) is 14.6 Å². The van der Waals surface area contributed by atoms with Gasteiger partial charge < -0.3 is 25.3 Å². The molecule has 2 aromatic carbocycles. The minimum atomic E-state index is 0.0792. The minimum absolute atomic E-state index is 0.0792. The van der Waals surface area contributed by atoms with Gasteiger partial charge in [0.05, 0.1) is 26.0 Å². The summed E-state index contributed by atoms with van der Waals surface area (Å²) >= 11 is 0. The fourth-order valence-electron chi connectivity index (χ4n) is 4.23. The van der Waals surface area contributed by atoms with Gasteiger partial charge in [-0.05, 0) is 49.2 Å². The van der Waals surface area contributed by atoms with Crippen LogP contribution in [0.1, 0.15) is 12.8 Å². The SMILES string of the molecule is COc1ccc(-c2cnn3c(N)c(-c4ccccc4)c(OC4CCNCC4)nc23)cc1OC. The molecule has 1 saturated heterocycles. The third-order valence-corrected chi connectivity index (χ3v) is 5.97. The van der Waals surface area contributed by atoms with Gasteiger partial charge in [0.2, 0.25) is 5.88 Å². The summed E-state index contributed by atoms with van der Waals surface area (Å²) in [6, 6.07) is 15.7. The van der Waals surface area contributed by atoms with Gasteiger partial charge in [-0.15, -0.1) is 0 Å². The number of nitrogens with one attached hydrogen (secondary N) is 1. The topological polar surface area (TPSA) is 95.9 Å². The normalized spacial score (nSPS) is 14.4. The average molecular weight is 446 g/mol. The summed E-state index contributed by atoms with van der Waals surface area (Å²) in [5, 5.41) is 7.93. The molecule has 0 amide bonds. The molecule has 3 heterocycles. The van der Waals surface area contributed by atoms with Crippen LogP contribution in [0.2, 0.25) is 0 Å². The first kappa shape index (κ1) is 21.1. The highest BCUT2D eigenvalue weighted by Crippen LogP contribution is 2.39. The minimum Gasteiger partial charge on any atom is -0.493 e. The van der Waals surface area contributed by atoms with E-state index in [0.29, 0.717) is 28.8 Å². The molecule has 0 spiro atoms. The van der Waals surface area contributed by atoms with Crippen LogP contribution in [-0.2, 0) is 0 Å². The molecule has 0 bridgehead atoms. The van der Waals surface area contributed by atoms with E-state index in [-0.39, 0.29) is 6.10 Å². The number of anilines is 1. The molecule has 5 rings (SSSR count). The fraction of sp³-hybridized carbons (Fsp3) is 0.280. The first-order valence-electron chi connectivity index (χ1n) is 11.0. The monoisotopic (exact) mass is 445 g/mol. The number of rotatable bonds is 6. The van der Waals surface area contributed by atoms with Gasteiger partial charge in [0.1, 0.15) is 11.9 Å². The van der Waals surface area contributed by atoms with E-state index in [1.54, 1.807) is 24.9 Å². The largest absolute Gasteiger partial charge is 0.493 e. The van der Waals surface area contributed by atoms with E-state index in [1.165, 1.54) is 0 Å². The Morgan fingerprint density at radius 1 is 0.970 bits per heavy atom. The van der Waals surface area contributed by atoms with Gasteiger partial charge in [0.15, 0.2) is 17.1 Å². The number of ether oxygens (including phenoxy) is 3. The summed E-state index contributed by atoms with van der Waals surface area (Å²) in [7, 11) is 3.23. The Kier molecular flexibility index (Phi) is 5.75.